The summed E-state index contributed by atoms with van der Waals surface area (Å²) in [6, 6.07) is 21.0. The van der Waals surface area contributed by atoms with Crippen molar-refractivity contribution >= 4 is 11.5 Å². The largest absolute Gasteiger partial charge is 0.393 e. The highest BCUT2D eigenvalue weighted by atomic mass is 16.3. The Hall–Kier alpha value is -2.52. The molecule has 1 aromatic heterocycles. The number of hydrogen-bond acceptors (Lipinski definition) is 2. The van der Waals surface area contributed by atoms with Crippen molar-refractivity contribution < 1.29 is 5.11 Å². The molecule has 0 amide bonds. The van der Waals surface area contributed by atoms with Crippen molar-refractivity contribution in [2.75, 3.05) is 5.32 Å². The highest BCUT2D eigenvalue weighted by molar-refractivity contribution is 5.63. The first kappa shape index (κ1) is 15.0. The number of nitrogens with one attached hydrogen (secondary N) is 2. The third-order valence-corrected chi connectivity index (χ3v) is 4.71. The molecule has 2 aromatic carbocycles. The van der Waals surface area contributed by atoms with Gasteiger partial charge in [-0.05, 0) is 47.7 Å². The Bertz CT molecular complexity index is 823. The number of benzene rings is 2. The monoisotopic (exact) mass is 318 g/mol. The molecule has 0 fully saturated rings. The van der Waals surface area contributed by atoms with Crippen LogP contribution in [0.2, 0.25) is 0 Å². The first-order valence-electron chi connectivity index (χ1n) is 8.55. The lowest BCUT2D eigenvalue weighted by Crippen LogP contribution is -2.19. The minimum Gasteiger partial charge on any atom is -0.393 e. The molecule has 3 nitrogen and oxygen atoms in total. The molecule has 0 aliphatic heterocycles. The van der Waals surface area contributed by atoms with E-state index in [9.17, 15) is 5.11 Å². The molecule has 3 N–H and O–H groups in total. The molecule has 0 saturated carbocycles. The van der Waals surface area contributed by atoms with Crippen LogP contribution in [0.5, 0.6) is 0 Å². The predicted octanol–water partition coefficient (Wildman–Crippen LogP) is 4.20. The molecule has 122 valence electrons. The van der Waals surface area contributed by atoms with Crippen LogP contribution in [0, 0.1) is 0 Å². The van der Waals surface area contributed by atoms with E-state index in [2.05, 4.69) is 64.9 Å². The maximum absolute atomic E-state index is 9.98. The molecule has 3 heteroatoms. The molecule has 1 atom stereocenters. The van der Waals surface area contributed by atoms with Gasteiger partial charge in [0.15, 0.2) is 0 Å². The molecule has 0 radical (unpaired) electrons. The number of aliphatic hydroxyl groups is 1. The second-order valence-corrected chi connectivity index (χ2v) is 6.52. The molecule has 0 bridgehead atoms. The van der Waals surface area contributed by atoms with Gasteiger partial charge in [0.2, 0.25) is 0 Å². The number of aromatic nitrogens is 1. The van der Waals surface area contributed by atoms with Gasteiger partial charge in [0.25, 0.3) is 0 Å². The van der Waals surface area contributed by atoms with E-state index in [0.717, 1.165) is 37.2 Å². The van der Waals surface area contributed by atoms with E-state index in [0.29, 0.717) is 0 Å². The molecule has 1 aliphatic carbocycles. The average molecular weight is 318 g/mol. The summed E-state index contributed by atoms with van der Waals surface area (Å²) in [7, 11) is 0. The lowest BCUT2D eigenvalue weighted by molar-refractivity contribution is 0.159. The van der Waals surface area contributed by atoms with Gasteiger partial charge in [0, 0.05) is 24.2 Å². The average Bonchev–Trinajstić information content (AvgIpc) is 3.03. The van der Waals surface area contributed by atoms with Gasteiger partial charge in [-0.3, -0.25) is 0 Å². The lowest BCUT2D eigenvalue weighted by atomic mass is 9.88. The Balaban J connectivity index is 1.52. The number of H-pyrrole nitrogens is 1. The van der Waals surface area contributed by atoms with Gasteiger partial charge in [-0.25, -0.2) is 0 Å². The van der Waals surface area contributed by atoms with Crippen molar-refractivity contribution in [1.29, 1.82) is 0 Å². The summed E-state index contributed by atoms with van der Waals surface area (Å²) in [6.07, 6.45) is 3.22. The summed E-state index contributed by atoms with van der Waals surface area (Å²) in [6.45, 7) is 0. The third-order valence-electron chi connectivity index (χ3n) is 4.71. The van der Waals surface area contributed by atoms with Gasteiger partial charge < -0.3 is 15.4 Å². The fourth-order valence-corrected chi connectivity index (χ4v) is 3.46. The smallest absolute Gasteiger partial charge is 0.107 e. The van der Waals surface area contributed by atoms with Crippen LogP contribution < -0.4 is 5.32 Å². The number of aromatic amines is 1. The summed E-state index contributed by atoms with van der Waals surface area (Å²) >= 11 is 0. The van der Waals surface area contributed by atoms with Crippen LogP contribution in [0.15, 0.2) is 60.7 Å². The second-order valence-electron chi connectivity index (χ2n) is 6.52. The zero-order chi connectivity index (χ0) is 16.4. The van der Waals surface area contributed by atoms with Gasteiger partial charge in [-0.15, -0.1) is 0 Å². The van der Waals surface area contributed by atoms with E-state index < -0.39 is 0 Å². The van der Waals surface area contributed by atoms with E-state index in [-0.39, 0.29) is 6.10 Å². The predicted molar refractivity (Wildman–Crippen MR) is 97.8 cm³/mol. The maximum atomic E-state index is 9.98. The van der Waals surface area contributed by atoms with Crippen LogP contribution >= 0.6 is 0 Å². The highest BCUT2D eigenvalue weighted by Gasteiger charge is 2.19. The summed E-state index contributed by atoms with van der Waals surface area (Å²) in [5.41, 5.74) is 6.18. The summed E-state index contributed by atoms with van der Waals surface area (Å²) in [4.78, 5) is 3.45. The fraction of sp³-hybridized carbons (Fsp3) is 0.238. The Labute approximate surface area is 142 Å². The van der Waals surface area contributed by atoms with Crippen LogP contribution in [0.25, 0.3) is 0 Å². The van der Waals surface area contributed by atoms with Crippen LogP contribution in [0.1, 0.15) is 28.8 Å². The van der Waals surface area contributed by atoms with Gasteiger partial charge in [0.05, 0.1) is 6.10 Å². The molecule has 3 aromatic rings. The quantitative estimate of drug-likeness (QED) is 0.675. The van der Waals surface area contributed by atoms with Crippen molar-refractivity contribution in [3.63, 3.8) is 0 Å². The normalized spacial score (nSPS) is 16.6. The van der Waals surface area contributed by atoms with Gasteiger partial charge in [-0.1, -0.05) is 42.5 Å². The molecular formula is C21H22N2O. The Morgan fingerprint density at radius 1 is 1.00 bits per heavy atom. The standard InChI is InChI=1S/C21H22N2O/c24-18-11-9-16-7-4-8-20(19(16)14-18)23-21-12-10-17(22-21)13-15-5-2-1-3-6-15/h1-8,10,12,18,22-24H,9,11,13-14H2. The Morgan fingerprint density at radius 2 is 1.88 bits per heavy atom. The number of rotatable bonds is 4. The van der Waals surface area contributed by atoms with Crippen LogP contribution in [-0.4, -0.2) is 16.2 Å². The molecule has 1 aliphatic rings. The van der Waals surface area contributed by atoms with Crippen molar-refractivity contribution in [1.82, 2.24) is 4.98 Å². The number of fused-ring (bicyclic) bond motifs is 1. The number of aryl methyl sites for hydroxylation is 1. The number of aliphatic hydroxyl groups excluding tert-OH is 1. The Kier molecular flexibility index (Phi) is 4.09. The van der Waals surface area contributed by atoms with Crippen LogP contribution in [0.3, 0.4) is 0 Å². The van der Waals surface area contributed by atoms with Crippen molar-refractivity contribution in [3.8, 4) is 0 Å². The number of anilines is 2. The molecule has 0 spiro atoms. The molecular weight excluding hydrogens is 296 g/mol. The van der Waals surface area contributed by atoms with E-state index in [1.807, 2.05) is 6.07 Å². The van der Waals surface area contributed by atoms with Gasteiger partial charge in [0.1, 0.15) is 5.82 Å². The highest BCUT2D eigenvalue weighted by Crippen LogP contribution is 2.30. The molecule has 4 rings (SSSR count). The minimum atomic E-state index is -0.224. The van der Waals surface area contributed by atoms with E-state index in [1.165, 1.54) is 22.4 Å². The fourth-order valence-electron chi connectivity index (χ4n) is 3.46. The Morgan fingerprint density at radius 3 is 2.75 bits per heavy atom. The van der Waals surface area contributed by atoms with Crippen LogP contribution in [0.4, 0.5) is 11.5 Å². The van der Waals surface area contributed by atoms with Crippen LogP contribution in [-0.2, 0) is 19.3 Å². The molecule has 24 heavy (non-hydrogen) atoms. The molecule has 0 saturated heterocycles. The second kappa shape index (κ2) is 6.54. The SMILES string of the molecule is OC1CCc2cccc(Nc3ccc(Cc4ccccc4)[nH]3)c2C1. The number of hydrogen-bond donors (Lipinski definition) is 3. The minimum absolute atomic E-state index is 0.224. The molecule has 1 unspecified atom stereocenters. The van der Waals surface area contributed by atoms with Crippen molar-refractivity contribution in [3.05, 3.63) is 83.0 Å². The first-order chi connectivity index (χ1) is 11.8. The van der Waals surface area contributed by atoms with Crippen molar-refractivity contribution in [2.24, 2.45) is 0 Å². The lowest BCUT2D eigenvalue weighted by Gasteiger charge is -2.23. The first-order valence-corrected chi connectivity index (χ1v) is 8.55. The summed E-state index contributed by atoms with van der Waals surface area (Å²) in [5.74, 6) is 0.995. The summed E-state index contributed by atoms with van der Waals surface area (Å²) in [5, 5.41) is 13.5. The molecule has 1 heterocycles. The summed E-state index contributed by atoms with van der Waals surface area (Å²) < 4.78 is 0. The third kappa shape index (κ3) is 3.22. The zero-order valence-electron chi connectivity index (χ0n) is 13.6. The zero-order valence-corrected chi connectivity index (χ0v) is 13.6. The van der Waals surface area contributed by atoms with Gasteiger partial charge >= 0.3 is 0 Å². The van der Waals surface area contributed by atoms with E-state index >= 15 is 0 Å². The van der Waals surface area contributed by atoms with Crippen molar-refractivity contribution in [2.45, 2.75) is 31.8 Å². The topological polar surface area (TPSA) is 48.0 Å². The van der Waals surface area contributed by atoms with E-state index in [1.54, 1.807) is 0 Å². The van der Waals surface area contributed by atoms with Gasteiger partial charge in [-0.2, -0.15) is 0 Å². The maximum Gasteiger partial charge on any atom is 0.107 e. The van der Waals surface area contributed by atoms with E-state index in [4.69, 9.17) is 0 Å².